The molecule has 0 amide bonds. The molecule has 0 bridgehead atoms. The fourth-order valence-corrected chi connectivity index (χ4v) is 2.38. The monoisotopic (exact) mass is 331 g/mol. The van der Waals surface area contributed by atoms with Crippen LogP contribution >= 0.6 is 15.9 Å². The molecular weight excluding hydrogens is 322 g/mol. The van der Waals surface area contributed by atoms with Crippen molar-refractivity contribution in [2.75, 3.05) is 5.73 Å². The minimum Gasteiger partial charge on any atom is -0.429 e. The Bertz CT molecular complexity index is 781. The van der Waals surface area contributed by atoms with Crippen molar-refractivity contribution in [3.05, 3.63) is 46.9 Å². The number of nitrogens with two attached hydrogens (primary N) is 1. The molecule has 0 aliphatic heterocycles. The van der Waals surface area contributed by atoms with E-state index < -0.39 is 0 Å². The summed E-state index contributed by atoms with van der Waals surface area (Å²) >= 11 is 3.44. The summed E-state index contributed by atoms with van der Waals surface area (Å²) in [4.78, 5) is 10.3. The van der Waals surface area contributed by atoms with Crippen LogP contribution in [0.4, 0.5) is 5.82 Å². The minimum atomic E-state index is 0.396. The molecule has 6 heteroatoms. The standard InChI is InChI=1S/C14H10BrN3O2/c15-9-1-6-12-13(7-9)18(17-14(12)16)10-2-4-11(5-3-10)20-8-19/h1-8H,(H2,16,17). The van der Waals surface area contributed by atoms with Gasteiger partial charge in [0.25, 0.3) is 6.47 Å². The van der Waals surface area contributed by atoms with Crippen molar-refractivity contribution in [2.45, 2.75) is 0 Å². The van der Waals surface area contributed by atoms with E-state index in [2.05, 4.69) is 21.0 Å². The molecule has 0 saturated carbocycles. The molecule has 0 unspecified atom stereocenters. The van der Waals surface area contributed by atoms with Gasteiger partial charge in [-0.1, -0.05) is 15.9 Å². The van der Waals surface area contributed by atoms with Crippen LogP contribution in [0.15, 0.2) is 46.9 Å². The van der Waals surface area contributed by atoms with Crippen molar-refractivity contribution in [2.24, 2.45) is 0 Å². The molecule has 0 spiro atoms. The molecule has 0 aliphatic rings. The van der Waals surface area contributed by atoms with E-state index in [1.807, 2.05) is 30.3 Å². The van der Waals surface area contributed by atoms with E-state index in [0.717, 1.165) is 21.1 Å². The highest BCUT2D eigenvalue weighted by Gasteiger charge is 2.10. The molecule has 3 aromatic rings. The predicted molar refractivity (Wildman–Crippen MR) is 79.9 cm³/mol. The lowest BCUT2D eigenvalue weighted by Gasteiger charge is -2.04. The fourth-order valence-electron chi connectivity index (χ4n) is 2.03. The Balaban J connectivity index is 2.13. The van der Waals surface area contributed by atoms with E-state index in [4.69, 9.17) is 10.5 Å². The number of anilines is 1. The van der Waals surface area contributed by atoms with Gasteiger partial charge in [-0.2, -0.15) is 0 Å². The Morgan fingerprint density at radius 2 is 1.95 bits per heavy atom. The molecule has 0 atom stereocenters. The number of nitrogens with zero attached hydrogens (tertiary/aromatic N) is 2. The van der Waals surface area contributed by atoms with Gasteiger partial charge in [0.2, 0.25) is 0 Å². The van der Waals surface area contributed by atoms with Crippen LogP contribution in [0, 0.1) is 0 Å². The lowest BCUT2D eigenvalue weighted by molar-refractivity contribution is -0.120. The number of carbonyl (C=O) groups excluding carboxylic acids is 1. The Morgan fingerprint density at radius 3 is 2.65 bits per heavy atom. The maximum atomic E-state index is 10.3. The molecule has 0 aliphatic carbocycles. The molecule has 20 heavy (non-hydrogen) atoms. The van der Waals surface area contributed by atoms with Crippen LogP contribution in [0.25, 0.3) is 16.6 Å². The minimum absolute atomic E-state index is 0.396. The van der Waals surface area contributed by atoms with Gasteiger partial charge in [0, 0.05) is 9.86 Å². The van der Waals surface area contributed by atoms with Gasteiger partial charge >= 0.3 is 0 Å². The first kappa shape index (κ1) is 12.7. The molecule has 0 fully saturated rings. The summed E-state index contributed by atoms with van der Waals surface area (Å²) in [5.74, 6) is 0.954. The zero-order valence-corrected chi connectivity index (χ0v) is 11.9. The maximum Gasteiger partial charge on any atom is 0.298 e. The number of benzene rings is 2. The van der Waals surface area contributed by atoms with Gasteiger partial charge in [0.05, 0.1) is 11.2 Å². The van der Waals surface area contributed by atoms with Crippen LogP contribution in [0.3, 0.4) is 0 Å². The van der Waals surface area contributed by atoms with E-state index in [1.165, 1.54) is 0 Å². The average Bonchev–Trinajstić information content (AvgIpc) is 2.77. The third kappa shape index (κ3) is 2.14. The Labute approximate surface area is 123 Å². The largest absolute Gasteiger partial charge is 0.429 e. The number of hydrogen-bond donors (Lipinski definition) is 1. The normalized spacial score (nSPS) is 10.7. The first-order valence-electron chi connectivity index (χ1n) is 5.83. The molecule has 5 nitrogen and oxygen atoms in total. The summed E-state index contributed by atoms with van der Waals surface area (Å²) in [6.45, 7) is 0.396. The first-order chi connectivity index (χ1) is 9.69. The second kappa shape index (κ2) is 4.97. The summed E-state index contributed by atoms with van der Waals surface area (Å²) in [6.07, 6.45) is 0. The number of halogens is 1. The third-order valence-electron chi connectivity index (χ3n) is 2.94. The van der Waals surface area contributed by atoms with E-state index in [-0.39, 0.29) is 0 Å². The average molecular weight is 332 g/mol. The Morgan fingerprint density at radius 1 is 1.20 bits per heavy atom. The van der Waals surface area contributed by atoms with Gasteiger partial charge in [0.1, 0.15) is 5.75 Å². The fraction of sp³-hybridized carbons (Fsp3) is 0. The number of fused-ring (bicyclic) bond motifs is 1. The van der Waals surface area contributed by atoms with Crippen LogP contribution in [-0.2, 0) is 4.79 Å². The number of rotatable bonds is 3. The molecule has 3 rings (SSSR count). The van der Waals surface area contributed by atoms with Gasteiger partial charge in [-0.25, -0.2) is 4.68 Å². The number of nitrogen functional groups attached to an aromatic ring is 1. The van der Waals surface area contributed by atoms with E-state index in [0.29, 0.717) is 18.0 Å². The molecule has 0 radical (unpaired) electrons. The van der Waals surface area contributed by atoms with Gasteiger partial charge in [0.15, 0.2) is 5.82 Å². The quantitative estimate of drug-likeness (QED) is 0.749. The van der Waals surface area contributed by atoms with E-state index >= 15 is 0 Å². The molecule has 100 valence electrons. The second-order valence-electron chi connectivity index (χ2n) is 4.17. The molecule has 1 heterocycles. The van der Waals surface area contributed by atoms with Crippen LogP contribution in [-0.4, -0.2) is 16.3 Å². The summed E-state index contributed by atoms with van der Waals surface area (Å²) < 4.78 is 7.47. The second-order valence-corrected chi connectivity index (χ2v) is 5.08. The SMILES string of the molecule is Nc1nn(-c2ccc(OC=O)cc2)c2cc(Br)ccc12. The number of ether oxygens (including phenoxy) is 1. The zero-order valence-electron chi connectivity index (χ0n) is 10.3. The highest BCUT2D eigenvalue weighted by molar-refractivity contribution is 9.10. The van der Waals surface area contributed by atoms with Crippen LogP contribution in [0.1, 0.15) is 0 Å². The Hall–Kier alpha value is -2.34. The van der Waals surface area contributed by atoms with Crippen molar-refractivity contribution in [3.8, 4) is 11.4 Å². The van der Waals surface area contributed by atoms with E-state index in [9.17, 15) is 4.79 Å². The van der Waals surface area contributed by atoms with Crippen molar-refractivity contribution in [1.29, 1.82) is 0 Å². The lowest BCUT2D eigenvalue weighted by atomic mass is 10.2. The summed E-state index contributed by atoms with van der Waals surface area (Å²) in [5, 5.41) is 5.23. The molecular formula is C14H10BrN3O2. The topological polar surface area (TPSA) is 70.1 Å². The smallest absolute Gasteiger partial charge is 0.298 e. The predicted octanol–water partition coefficient (Wildman–Crippen LogP) is 2.91. The summed E-state index contributed by atoms with van der Waals surface area (Å²) in [7, 11) is 0. The van der Waals surface area contributed by atoms with Gasteiger partial charge in [-0.05, 0) is 42.5 Å². The molecule has 2 aromatic carbocycles. The highest BCUT2D eigenvalue weighted by Crippen LogP contribution is 2.27. The first-order valence-corrected chi connectivity index (χ1v) is 6.63. The lowest BCUT2D eigenvalue weighted by Crippen LogP contribution is -1.97. The number of carbonyl (C=O) groups is 1. The number of hydrogen-bond acceptors (Lipinski definition) is 4. The maximum absolute atomic E-state index is 10.3. The third-order valence-corrected chi connectivity index (χ3v) is 3.43. The molecule has 0 saturated heterocycles. The van der Waals surface area contributed by atoms with Gasteiger partial charge in [-0.3, -0.25) is 4.79 Å². The van der Waals surface area contributed by atoms with Gasteiger partial charge in [-0.15, -0.1) is 5.10 Å². The van der Waals surface area contributed by atoms with Gasteiger partial charge < -0.3 is 10.5 Å². The highest BCUT2D eigenvalue weighted by atomic mass is 79.9. The van der Waals surface area contributed by atoms with Crippen molar-refractivity contribution in [3.63, 3.8) is 0 Å². The van der Waals surface area contributed by atoms with Crippen LogP contribution in [0.5, 0.6) is 5.75 Å². The zero-order chi connectivity index (χ0) is 14.1. The van der Waals surface area contributed by atoms with Crippen molar-refractivity contribution >= 4 is 39.1 Å². The van der Waals surface area contributed by atoms with Crippen molar-refractivity contribution < 1.29 is 9.53 Å². The van der Waals surface area contributed by atoms with E-state index in [1.54, 1.807) is 16.8 Å². The Kier molecular flexibility index (Phi) is 3.15. The summed E-state index contributed by atoms with van der Waals surface area (Å²) in [5.41, 5.74) is 7.66. The van der Waals surface area contributed by atoms with Crippen LogP contribution in [0.2, 0.25) is 0 Å². The number of aromatic nitrogens is 2. The van der Waals surface area contributed by atoms with Crippen molar-refractivity contribution in [1.82, 2.24) is 9.78 Å². The summed E-state index contributed by atoms with van der Waals surface area (Å²) in [6, 6.07) is 12.8. The molecule has 1 aromatic heterocycles. The van der Waals surface area contributed by atoms with Crippen LogP contribution < -0.4 is 10.5 Å². The molecule has 2 N–H and O–H groups in total.